The highest BCUT2D eigenvalue weighted by Gasteiger charge is 2.34. The SMILES string of the molecule is CCc1ccc(OCC(=O)N2C[C@H](C(=O)OC)Oc3ccccc32)cc1. The van der Waals surface area contributed by atoms with E-state index < -0.39 is 12.1 Å². The summed E-state index contributed by atoms with van der Waals surface area (Å²) in [6.07, 6.45) is 0.0845. The van der Waals surface area contributed by atoms with Crippen LogP contribution in [0.5, 0.6) is 11.5 Å². The third-order valence-corrected chi connectivity index (χ3v) is 4.23. The number of aryl methyl sites for hydroxylation is 1. The molecule has 0 saturated heterocycles. The maximum absolute atomic E-state index is 12.7. The standard InChI is InChI=1S/C20H21NO5/c1-3-14-8-10-15(11-9-14)25-13-19(22)21-12-18(20(23)24-2)26-17-7-5-4-6-16(17)21/h4-11,18H,3,12-13H2,1-2H3/t18-/m1/s1. The summed E-state index contributed by atoms with van der Waals surface area (Å²) in [5, 5.41) is 0. The second-order valence-corrected chi connectivity index (χ2v) is 5.89. The van der Waals surface area contributed by atoms with Crippen LogP contribution in [0.3, 0.4) is 0 Å². The predicted octanol–water partition coefficient (Wildman–Crippen LogP) is 2.60. The molecule has 0 aliphatic carbocycles. The molecule has 1 heterocycles. The number of methoxy groups -OCH3 is 1. The summed E-state index contributed by atoms with van der Waals surface area (Å²) in [5.41, 5.74) is 1.81. The summed E-state index contributed by atoms with van der Waals surface area (Å²) in [6, 6.07) is 14.7. The van der Waals surface area contributed by atoms with Gasteiger partial charge in [0.05, 0.1) is 19.3 Å². The van der Waals surface area contributed by atoms with Crippen LogP contribution in [-0.2, 0) is 20.7 Å². The van der Waals surface area contributed by atoms with Gasteiger partial charge in [-0.25, -0.2) is 4.79 Å². The fraction of sp³-hybridized carbons (Fsp3) is 0.300. The van der Waals surface area contributed by atoms with Crippen LogP contribution < -0.4 is 14.4 Å². The van der Waals surface area contributed by atoms with Gasteiger partial charge < -0.3 is 19.1 Å². The Kier molecular flexibility index (Phi) is 5.41. The molecule has 0 unspecified atom stereocenters. The van der Waals surface area contributed by atoms with Crippen LogP contribution in [0.4, 0.5) is 5.69 Å². The van der Waals surface area contributed by atoms with Crippen molar-refractivity contribution in [1.82, 2.24) is 0 Å². The second kappa shape index (κ2) is 7.91. The van der Waals surface area contributed by atoms with Gasteiger partial charge in [0.1, 0.15) is 11.5 Å². The van der Waals surface area contributed by atoms with Gasteiger partial charge in [0.25, 0.3) is 5.91 Å². The van der Waals surface area contributed by atoms with E-state index in [9.17, 15) is 9.59 Å². The highest BCUT2D eigenvalue weighted by atomic mass is 16.6. The van der Waals surface area contributed by atoms with E-state index in [0.717, 1.165) is 6.42 Å². The van der Waals surface area contributed by atoms with Crippen molar-refractivity contribution >= 4 is 17.6 Å². The summed E-state index contributed by atoms with van der Waals surface area (Å²) in [6.45, 7) is 2.03. The molecule has 0 radical (unpaired) electrons. The number of fused-ring (bicyclic) bond motifs is 1. The molecule has 2 aromatic rings. The molecule has 0 aromatic heterocycles. The minimum atomic E-state index is -0.859. The van der Waals surface area contributed by atoms with E-state index in [1.165, 1.54) is 17.6 Å². The first-order valence-corrected chi connectivity index (χ1v) is 8.48. The number of carbonyl (C=O) groups is 2. The van der Waals surface area contributed by atoms with Gasteiger partial charge in [-0.05, 0) is 36.2 Å². The first-order valence-electron chi connectivity index (χ1n) is 8.48. The van der Waals surface area contributed by atoms with Crippen LogP contribution in [0.2, 0.25) is 0 Å². The molecule has 1 aliphatic heterocycles. The number of esters is 1. The smallest absolute Gasteiger partial charge is 0.348 e. The molecule has 0 saturated carbocycles. The van der Waals surface area contributed by atoms with Crippen molar-refractivity contribution in [2.24, 2.45) is 0 Å². The average Bonchev–Trinajstić information content (AvgIpc) is 2.70. The molecule has 2 aromatic carbocycles. The fourth-order valence-corrected chi connectivity index (χ4v) is 2.77. The molecule has 3 rings (SSSR count). The molecule has 6 heteroatoms. The van der Waals surface area contributed by atoms with Crippen molar-refractivity contribution < 1.29 is 23.8 Å². The molecule has 0 bridgehead atoms. The number of rotatable bonds is 5. The highest BCUT2D eigenvalue weighted by molar-refractivity contribution is 5.97. The summed E-state index contributed by atoms with van der Waals surface area (Å²) in [4.78, 5) is 26.1. The lowest BCUT2D eigenvalue weighted by atomic mass is 10.2. The van der Waals surface area contributed by atoms with E-state index in [-0.39, 0.29) is 19.1 Å². The fourth-order valence-electron chi connectivity index (χ4n) is 2.77. The monoisotopic (exact) mass is 355 g/mol. The number of carbonyl (C=O) groups excluding carboxylic acids is 2. The molecule has 26 heavy (non-hydrogen) atoms. The second-order valence-electron chi connectivity index (χ2n) is 5.89. The Morgan fingerprint density at radius 1 is 1.15 bits per heavy atom. The highest BCUT2D eigenvalue weighted by Crippen LogP contribution is 2.33. The zero-order chi connectivity index (χ0) is 18.5. The number of anilines is 1. The number of benzene rings is 2. The number of para-hydroxylation sites is 2. The number of amides is 1. The van der Waals surface area contributed by atoms with Crippen molar-refractivity contribution in [3.05, 3.63) is 54.1 Å². The van der Waals surface area contributed by atoms with Gasteiger partial charge in [0.15, 0.2) is 6.61 Å². The van der Waals surface area contributed by atoms with Crippen molar-refractivity contribution in [3.63, 3.8) is 0 Å². The lowest BCUT2D eigenvalue weighted by molar-refractivity contribution is -0.148. The minimum Gasteiger partial charge on any atom is -0.484 e. The van der Waals surface area contributed by atoms with E-state index in [1.807, 2.05) is 30.3 Å². The van der Waals surface area contributed by atoms with E-state index in [4.69, 9.17) is 14.2 Å². The zero-order valence-corrected chi connectivity index (χ0v) is 14.8. The first kappa shape index (κ1) is 17.8. The van der Waals surface area contributed by atoms with Gasteiger partial charge >= 0.3 is 5.97 Å². The normalized spacial score (nSPS) is 15.6. The van der Waals surface area contributed by atoms with E-state index in [0.29, 0.717) is 17.2 Å². The summed E-state index contributed by atoms with van der Waals surface area (Å²) < 4.78 is 16.0. The number of hydrogen-bond donors (Lipinski definition) is 0. The van der Waals surface area contributed by atoms with Gasteiger partial charge in [-0.2, -0.15) is 0 Å². The lowest BCUT2D eigenvalue weighted by Gasteiger charge is -2.33. The summed E-state index contributed by atoms with van der Waals surface area (Å²) >= 11 is 0. The van der Waals surface area contributed by atoms with Crippen molar-refractivity contribution in [1.29, 1.82) is 0 Å². The first-order chi connectivity index (χ1) is 12.6. The van der Waals surface area contributed by atoms with Crippen LogP contribution in [0, 0.1) is 0 Å². The minimum absolute atomic E-state index is 0.0840. The van der Waals surface area contributed by atoms with Crippen LogP contribution in [0.25, 0.3) is 0 Å². The zero-order valence-electron chi connectivity index (χ0n) is 14.8. The van der Waals surface area contributed by atoms with Crippen LogP contribution >= 0.6 is 0 Å². The molecular weight excluding hydrogens is 334 g/mol. The Balaban J connectivity index is 1.73. The van der Waals surface area contributed by atoms with Crippen LogP contribution in [-0.4, -0.2) is 38.2 Å². The van der Waals surface area contributed by atoms with Crippen LogP contribution in [0.1, 0.15) is 12.5 Å². The van der Waals surface area contributed by atoms with Crippen molar-refractivity contribution in [2.45, 2.75) is 19.4 Å². The maximum atomic E-state index is 12.7. The van der Waals surface area contributed by atoms with Crippen molar-refractivity contribution in [2.75, 3.05) is 25.2 Å². The molecule has 0 spiro atoms. The molecule has 1 amide bonds. The van der Waals surface area contributed by atoms with E-state index in [2.05, 4.69) is 6.92 Å². The van der Waals surface area contributed by atoms with E-state index >= 15 is 0 Å². The topological polar surface area (TPSA) is 65.1 Å². The number of hydrogen-bond acceptors (Lipinski definition) is 5. The molecule has 0 fully saturated rings. The average molecular weight is 355 g/mol. The van der Waals surface area contributed by atoms with Gasteiger partial charge in [0.2, 0.25) is 6.10 Å². The van der Waals surface area contributed by atoms with Crippen LogP contribution in [0.15, 0.2) is 48.5 Å². The Bertz CT molecular complexity index is 787. The Morgan fingerprint density at radius 3 is 2.58 bits per heavy atom. The summed E-state index contributed by atoms with van der Waals surface area (Å²) in [7, 11) is 1.29. The third-order valence-electron chi connectivity index (χ3n) is 4.23. The molecule has 1 aliphatic rings. The molecule has 6 nitrogen and oxygen atoms in total. The van der Waals surface area contributed by atoms with Crippen molar-refractivity contribution in [3.8, 4) is 11.5 Å². The quantitative estimate of drug-likeness (QED) is 0.772. The Labute approximate surface area is 152 Å². The Hall–Kier alpha value is -3.02. The molecule has 0 N–H and O–H groups in total. The van der Waals surface area contributed by atoms with Gasteiger partial charge in [-0.3, -0.25) is 4.79 Å². The lowest BCUT2D eigenvalue weighted by Crippen LogP contribution is -2.48. The Morgan fingerprint density at radius 2 is 1.88 bits per heavy atom. The largest absolute Gasteiger partial charge is 0.484 e. The number of nitrogens with zero attached hydrogens (tertiary/aromatic N) is 1. The summed E-state index contributed by atoms with van der Waals surface area (Å²) in [5.74, 6) is 0.319. The molecular formula is C20H21NO5. The molecule has 1 atom stereocenters. The number of ether oxygens (including phenoxy) is 3. The van der Waals surface area contributed by atoms with Gasteiger partial charge in [-0.1, -0.05) is 31.2 Å². The van der Waals surface area contributed by atoms with Gasteiger partial charge in [-0.15, -0.1) is 0 Å². The molecule has 136 valence electrons. The predicted molar refractivity (Wildman–Crippen MR) is 96.5 cm³/mol. The third kappa shape index (κ3) is 3.79. The van der Waals surface area contributed by atoms with Gasteiger partial charge in [0, 0.05) is 0 Å². The maximum Gasteiger partial charge on any atom is 0.348 e. The van der Waals surface area contributed by atoms with E-state index in [1.54, 1.807) is 18.2 Å².